The second kappa shape index (κ2) is 10.8. The fraction of sp³-hybridized carbons (Fsp3) is 0.429. The summed E-state index contributed by atoms with van der Waals surface area (Å²) in [6.45, 7) is 6.88. The highest BCUT2D eigenvalue weighted by Gasteiger charge is 2.27. The Morgan fingerprint density at radius 3 is 2.81 bits per heavy atom. The molecule has 1 fully saturated rings. The van der Waals surface area contributed by atoms with Gasteiger partial charge in [0.05, 0.1) is 18.7 Å². The maximum Gasteiger partial charge on any atom is 0.236 e. The molecule has 1 aromatic heterocycles. The topological polar surface area (TPSA) is 91.1 Å². The summed E-state index contributed by atoms with van der Waals surface area (Å²) in [7, 11) is 0. The van der Waals surface area contributed by atoms with Crippen molar-refractivity contribution in [3.8, 4) is 33.0 Å². The van der Waals surface area contributed by atoms with Gasteiger partial charge in [-0.05, 0) is 60.9 Å². The monoisotopic (exact) mass is 501 g/mol. The number of likely N-dealkylation sites (tertiary alicyclic amines) is 1. The van der Waals surface area contributed by atoms with Gasteiger partial charge in [0.15, 0.2) is 0 Å². The molecule has 2 heterocycles. The van der Waals surface area contributed by atoms with Crippen molar-refractivity contribution in [1.29, 1.82) is 5.26 Å². The first kappa shape index (κ1) is 24.4. The van der Waals surface area contributed by atoms with Gasteiger partial charge in [-0.25, -0.2) is 0 Å². The Kier molecular flexibility index (Phi) is 7.30. The third-order valence-electron chi connectivity index (χ3n) is 6.80. The van der Waals surface area contributed by atoms with Crippen molar-refractivity contribution in [2.45, 2.75) is 45.6 Å². The zero-order valence-electron chi connectivity index (χ0n) is 20.8. The Hall–Kier alpha value is -3.28. The Bertz CT molecular complexity index is 1290. The van der Waals surface area contributed by atoms with Crippen molar-refractivity contribution in [2.75, 3.05) is 26.2 Å². The second-order valence-electron chi connectivity index (χ2n) is 9.87. The number of ether oxygens (including phenoxy) is 1. The summed E-state index contributed by atoms with van der Waals surface area (Å²) in [5.74, 6) is 1.18. The van der Waals surface area contributed by atoms with Crippen LogP contribution in [0.3, 0.4) is 0 Å². The number of aromatic nitrogens is 2. The molecule has 1 saturated heterocycles. The minimum atomic E-state index is 0.176. The van der Waals surface area contributed by atoms with Crippen LogP contribution >= 0.6 is 11.3 Å². The summed E-state index contributed by atoms with van der Waals surface area (Å²) in [5, 5.41) is 23.7. The maximum atomic E-state index is 12.5. The van der Waals surface area contributed by atoms with Crippen LogP contribution in [0, 0.1) is 17.2 Å². The highest BCUT2D eigenvalue weighted by molar-refractivity contribution is 7.17. The minimum Gasteiger partial charge on any atom is -0.492 e. The van der Waals surface area contributed by atoms with E-state index in [-0.39, 0.29) is 11.9 Å². The largest absolute Gasteiger partial charge is 0.492 e. The number of rotatable bonds is 8. The molecule has 8 heteroatoms. The van der Waals surface area contributed by atoms with E-state index in [2.05, 4.69) is 53.6 Å². The highest BCUT2D eigenvalue weighted by atomic mass is 32.1. The average molecular weight is 502 g/mol. The van der Waals surface area contributed by atoms with E-state index in [1.54, 1.807) is 0 Å². The Morgan fingerprint density at radius 1 is 1.22 bits per heavy atom. The van der Waals surface area contributed by atoms with Crippen LogP contribution < -0.4 is 10.1 Å². The lowest BCUT2D eigenvalue weighted by Gasteiger charge is -2.19. The lowest BCUT2D eigenvalue weighted by Crippen LogP contribution is -2.37. The predicted molar refractivity (Wildman–Crippen MR) is 141 cm³/mol. The van der Waals surface area contributed by atoms with Gasteiger partial charge in [0, 0.05) is 30.3 Å². The van der Waals surface area contributed by atoms with Crippen LogP contribution in [0.15, 0.2) is 36.4 Å². The lowest BCUT2D eigenvalue weighted by molar-refractivity contribution is -0.129. The third-order valence-corrected chi connectivity index (χ3v) is 7.81. The van der Waals surface area contributed by atoms with Gasteiger partial charge in [0.2, 0.25) is 5.91 Å². The van der Waals surface area contributed by atoms with Crippen molar-refractivity contribution >= 4 is 17.2 Å². The third kappa shape index (κ3) is 5.13. The van der Waals surface area contributed by atoms with E-state index >= 15 is 0 Å². The van der Waals surface area contributed by atoms with Crippen LogP contribution in [0.4, 0.5) is 0 Å². The van der Waals surface area contributed by atoms with Crippen LogP contribution in [0.1, 0.15) is 55.8 Å². The molecule has 36 heavy (non-hydrogen) atoms. The van der Waals surface area contributed by atoms with Gasteiger partial charge >= 0.3 is 0 Å². The fourth-order valence-corrected chi connectivity index (χ4v) is 5.83. The van der Waals surface area contributed by atoms with Crippen molar-refractivity contribution in [3.05, 3.63) is 53.1 Å². The number of carbonyl (C=O) groups excluding carboxylic acids is 1. The van der Waals surface area contributed by atoms with Crippen LogP contribution in [-0.2, 0) is 11.2 Å². The van der Waals surface area contributed by atoms with Crippen LogP contribution in [0.5, 0.6) is 5.75 Å². The van der Waals surface area contributed by atoms with Crippen LogP contribution in [-0.4, -0.2) is 47.2 Å². The molecule has 5 rings (SSSR count). The van der Waals surface area contributed by atoms with Gasteiger partial charge in [0.25, 0.3) is 0 Å². The van der Waals surface area contributed by atoms with Gasteiger partial charge < -0.3 is 15.0 Å². The number of benzene rings is 2. The molecule has 0 saturated carbocycles. The molecular formula is C28H31N5O2S. The molecule has 7 nitrogen and oxygen atoms in total. The molecule has 0 radical (unpaired) electrons. The molecule has 1 aliphatic carbocycles. The summed E-state index contributed by atoms with van der Waals surface area (Å²) < 4.78 is 5.79. The summed E-state index contributed by atoms with van der Waals surface area (Å²) in [5.41, 5.74) is 4.99. The van der Waals surface area contributed by atoms with E-state index in [0.717, 1.165) is 59.9 Å². The summed E-state index contributed by atoms with van der Waals surface area (Å²) in [6, 6.07) is 14.3. The Labute approximate surface area is 216 Å². The fourth-order valence-electron chi connectivity index (χ4n) is 4.94. The van der Waals surface area contributed by atoms with Gasteiger partial charge in [0.1, 0.15) is 21.8 Å². The number of hydrogen-bond acceptors (Lipinski definition) is 7. The van der Waals surface area contributed by atoms with Gasteiger partial charge in [-0.2, -0.15) is 5.26 Å². The quantitative estimate of drug-likeness (QED) is 0.468. The van der Waals surface area contributed by atoms with Crippen LogP contribution in [0.25, 0.3) is 21.1 Å². The first-order valence-electron chi connectivity index (χ1n) is 12.7. The molecule has 0 spiro atoms. The van der Waals surface area contributed by atoms with Crippen molar-refractivity contribution in [3.63, 3.8) is 0 Å². The van der Waals surface area contributed by atoms with E-state index < -0.39 is 0 Å². The molecule has 186 valence electrons. The maximum absolute atomic E-state index is 12.5. The smallest absolute Gasteiger partial charge is 0.236 e. The molecule has 1 unspecified atom stereocenters. The normalized spacial score (nSPS) is 16.8. The van der Waals surface area contributed by atoms with Crippen molar-refractivity contribution < 1.29 is 9.53 Å². The van der Waals surface area contributed by atoms with Crippen LogP contribution in [0.2, 0.25) is 0 Å². The SMILES string of the molecule is CC(C)COc1ccc(-c2nnc(-c3cccc4c3CCC4NCC(=O)N3CCCC3)s2)cc1C#N. The molecule has 2 aromatic carbocycles. The molecule has 0 bridgehead atoms. The second-order valence-corrected chi connectivity index (χ2v) is 10.9. The number of nitrogens with one attached hydrogen (secondary N) is 1. The minimum absolute atomic E-state index is 0.176. The van der Waals surface area contributed by atoms with Gasteiger partial charge in [-0.3, -0.25) is 4.79 Å². The first-order valence-corrected chi connectivity index (χ1v) is 13.5. The molecular weight excluding hydrogens is 470 g/mol. The van der Waals surface area contributed by atoms with E-state index in [0.29, 0.717) is 30.4 Å². The van der Waals surface area contributed by atoms with E-state index in [1.807, 2.05) is 23.1 Å². The molecule has 1 amide bonds. The molecule has 3 aromatic rings. The summed E-state index contributed by atoms with van der Waals surface area (Å²) >= 11 is 1.53. The molecule has 1 aliphatic heterocycles. The zero-order valence-corrected chi connectivity index (χ0v) is 21.6. The average Bonchev–Trinajstić information content (AvgIpc) is 3.66. The molecule has 1 atom stereocenters. The summed E-state index contributed by atoms with van der Waals surface area (Å²) in [4.78, 5) is 14.5. The van der Waals surface area contributed by atoms with Crippen molar-refractivity contribution in [1.82, 2.24) is 20.4 Å². The highest BCUT2D eigenvalue weighted by Crippen LogP contribution is 2.40. The number of nitriles is 1. The van der Waals surface area contributed by atoms with Crippen molar-refractivity contribution in [2.24, 2.45) is 5.92 Å². The number of amides is 1. The van der Waals surface area contributed by atoms with E-state index in [1.165, 1.54) is 22.5 Å². The van der Waals surface area contributed by atoms with E-state index in [9.17, 15) is 10.1 Å². The Morgan fingerprint density at radius 2 is 2.03 bits per heavy atom. The van der Waals surface area contributed by atoms with E-state index in [4.69, 9.17) is 4.74 Å². The lowest BCUT2D eigenvalue weighted by atomic mass is 10.0. The van der Waals surface area contributed by atoms with Gasteiger partial charge in [-0.1, -0.05) is 43.4 Å². The zero-order chi connectivity index (χ0) is 25.1. The standard InChI is InChI=1S/C28H31N5O2S/c1-18(2)17-35-25-11-8-19(14-20(25)15-29)27-31-32-28(36-27)23-7-5-6-22-21(23)9-10-24(22)30-16-26(34)33-12-3-4-13-33/h5-8,11,14,18,24,30H,3-4,9-10,12-13,16-17H2,1-2H3. The molecule has 1 N–H and O–H groups in total. The molecule has 2 aliphatic rings. The Balaban J connectivity index is 1.32. The predicted octanol–water partition coefficient (Wildman–Crippen LogP) is 4.98. The first-order chi connectivity index (χ1) is 17.5. The number of fused-ring (bicyclic) bond motifs is 1. The summed E-state index contributed by atoms with van der Waals surface area (Å²) in [6.07, 6.45) is 4.13. The number of carbonyl (C=O) groups is 1. The van der Waals surface area contributed by atoms with Gasteiger partial charge in [-0.15, -0.1) is 10.2 Å². The number of hydrogen-bond donors (Lipinski definition) is 1. The number of nitrogens with zero attached hydrogens (tertiary/aromatic N) is 4.